The molecule has 0 N–H and O–H groups in total. The second-order valence-electron chi connectivity index (χ2n) is 5.08. The van der Waals surface area contributed by atoms with E-state index in [1.54, 1.807) is 0 Å². The smallest absolute Gasteiger partial charge is 0.139 e. The number of aromatic nitrogens is 1. The first kappa shape index (κ1) is 8.79. The van der Waals surface area contributed by atoms with Crippen LogP contribution < -0.4 is 0 Å². The zero-order valence-corrected chi connectivity index (χ0v) is 8.63. The predicted octanol–water partition coefficient (Wildman–Crippen LogP) is 2.83. The summed E-state index contributed by atoms with van der Waals surface area (Å²) in [7, 11) is 0. The Morgan fingerprint density at radius 3 is 2.92 bits per heavy atom. The number of hydrogen-bond donors (Lipinski definition) is 0. The average molecular weight is 179 g/mol. The molecular formula is C11H17NO. The van der Waals surface area contributed by atoms with Crippen molar-refractivity contribution in [3.05, 3.63) is 17.5 Å². The van der Waals surface area contributed by atoms with Gasteiger partial charge in [-0.2, -0.15) is 0 Å². The van der Waals surface area contributed by atoms with Gasteiger partial charge in [0, 0.05) is 12.0 Å². The molecule has 1 heterocycles. The van der Waals surface area contributed by atoms with Gasteiger partial charge in [-0.3, -0.25) is 0 Å². The van der Waals surface area contributed by atoms with E-state index < -0.39 is 0 Å². The van der Waals surface area contributed by atoms with Crippen molar-refractivity contribution >= 4 is 0 Å². The fourth-order valence-electron chi connectivity index (χ4n) is 2.07. The number of fused-ring (bicyclic) bond motifs is 1. The molecule has 0 amide bonds. The highest BCUT2D eigenvalue weighted by molar-refractivity contribution is 5.18. The lowest BCUT2D eigenvalue weighted by Gasteiger charge is -2.32. The molecule has 2 heteroatoms. The van der Waals surface area contributed by atoms with E-state index in [-0.39, 0.29) is 0 Å². The average Bonchev–Trinajstić information content (AvgIpc) is 2.47. The summed E-state index contributed by atoms with van der Waals surface area (Å²) in [6.45, 7) is 6.95. The van der Waals surface area contributed by atoms with E-state index in [2.05, 4.69) is 25.9 Å². The molecule has 0 spiro atoms. The predicted molar refractivity (Wildman–Crippen MR) is 51.5 cm³/mol. The van der Waals surface area contributed by atoms with Gasteiger partial charge >= 0.3 is 0 Å². The van der Waals surface area contributed by atoms with Gasteiger partial charge in [-0.05, 0) is 24.2 Å². The zero-order valence-electron chi connectivity index (χ0n) is 8.63. The number of aryl methyl sites for hydroxylation is 1. The molecule has 2 rings (SSSR count). The first-order valence-electron chi connectivity index (χ1n) is 5.00. The second kappa shape index (κ2) is 2.86. The molecule has 72 valence electrons. The van der Waals surface area contributed by atoms with E-state index in [1.807, 2.05) is 6.20 Å². The molecule has 0 fully saturated rings. The molecule has 0 saturated carbocycles. The van der Waals surface area contributed by atoms with Crippen LogP contribution in [-0.4, -0.2) is 5.16 Å². The Hall–Kier alpha value is -0.790. The van der Waals surface area contributed by atoms with Crippen LogP contribution in [0.25, 0.3) is 0 Å². The van der Waals surface area contributed by atoms with Crippen LogP contribution in [0, 0.1) is 11.3 Å². The Kier molecular flexibility index (Phi) is 1.94. The van der Waals surface area contributed by atoms with Gasteiger partial charge in [0.2, 0.25) is 0 Å². The van der Waals surface area contributed by atoms with Gasteiger partial charge in [0.25, 0.3) is 0 Å². The molecule has 1 unspecified atom stereocenters. The van der Waals surface area contributed by atoms with E-state index in [1.165, 1.54) is 12.0 Å². The molecule has 1 aliphatic rings. The first-order chi connectivity index (χ1) is 6.07. The molecule has 0 aliphatic heterocycles. The van der Waals surface area contributed by atoms with Crippen LogP contribution in [0.15, 0.2) is 10.7 Å². The summed E-state index contributed by atoms with van der Waals surface area (Å²) in [5, 5.41) is 3.85. The van der Waals surface area contributed by atoms with Crippen LogP contribution >= 0.6 is 0 Å². The molecule has 0 aromatic carbocycles. The van der Waals surface area contributed by atoms with Crippen molar-refractivity contribution in [3.63, 3.8) is 0 Å². The van der Waals surface area contributed by atoms with E-state index >= 15 is 0 Å². The van der Waals surface area contributed by atoms with Gasteiger partial charge in [0.05, 0.1) is 6.20 Å². The highest BCUT2D eigenvalue weighted by Gasteiger charge is 2.30. The lowest BCUT2D eigenvalue weighted by molar-refractivity contribution is 0.206. The van der Waals surface area contributed by atoms with Crippen LogP contribution in [-0.2, 0) is 12.8 Å². The topological polar surface area (TPSA) is 26.0 Å². The summed E-state index contributed by atoms with van der Waals surface area (Å²) in [4.78, 5) is 0. The fraction of sp³-hybridized carbons (Fsp3) is 0.727. The van der Waals surface area contributed by atoms with E-state index in [4.69, 9.17) is 4.52 Å². The standard InChI is InChI=1S/C11H17NO/c1-11(2,3)9-4-5-10-8(6-9)7-12-13-10/h7,9H,4-6H2,1-3H3. The minimum absolute atomic E-state index is 0.412. The molecule has 1 aliphatic carbocycles. The van der Waals surface area contributed by atoms with E-state index in [0.717, 1.165) is 24.5 Å². The Bertz CT molecular complexity index is 295. The van der Waals surface area contributed by atoms with Gasteiger partial charge < -0.3 is 4.52 Å². The molecule has 0 radical (unpaired) electrons. The molecular weight excluding hydrogens is 162 g/mol. The van der Waals surface area contributed by atoms with E-state index in [0.29, 0.717) is 5.41 Å². The summed E-state index contributed by atoms with van der Waals surface area (Å²) < 4.78 is 5.17. The van der Waals surface area contributed by atoms with Crippen molar-refractivity contribution in [3.8, 4) is 0 Å². The van der Waals surface area contributed by atoms with Gasteiger partial charge in [-0.1, -0.05) is 25.9 Å². The Morgan fingerprint density at radius 2 is 2.23 bits per heavy atom. The highest BCUT2D eigenvalue weighted by Crippen LogP contribution is 2.36. The minimum Gasteiger partial charge on any atom is -0.361 e. The van der Waals surface area contributed by atoms with Gasteiger partial charge in [0.15, 0.2) is 0 Å². The maximum Gasteiger partial charge on any atom is 0.139 e. The molecule has 0 saturated heterocycles. The molecule has 1 aromatic heterocycles. The summed E-state index contributed by atoms with van der Waals surface area (Å²) in [6.07, 6.45) is 5.33. The highest BCUT2D eigenvalue weighted by atomic mass is 16.5. The Balaban J connectivity index is 2.18. The summed E-state index contributed by atoms with van der Waals surface area (Å²) in [5.41, 5.74) is 1.74. The first-order valence-corrected chi connectivity index (χ1v) is 5.00. The normalized spacial score (nSPS) is 22.8. The maximum atomic E-state index is 5.17. The zero-order chi connectivity index (χ0) is 9.47. The molecule has 0 bridgehead atoms. The molecule has 1 atom stereocenters. The van der Waals surface area contributed by atoms with Gasteiger partial charge in [0.1, 0.15) is 5.76 Å². The van der Waals surface area contributed by atoms with E-state index in [9.17, 15) is 0 Å². The third-order valence-electron chi connectivity index (χ3n) is 3.14. The monoisotopic (exact) mass is 179 g/mol. The van der Waals surface area contributed by atoms with Gasteiger partial charge in [-0.15, -0.1) is 0 Å². The van der Waals surface area contributed by atoms with Gasteiger partial charge in [-0.25, -0.2) is 0 Å². The molecule has 2 nitrogen and oxygen atoms in total. The van der Waals surface area contributed by atoms with Crippen LogP contribution in [0.2, 0.25) is 0 Å². The SMILES string of the molecule is CC(C)(C)C1CCc2oncc2C1. The van der Waals surface area contributed by atoms with Crippen molar-refractivity contribution in [2.24, 2.45) is 11.3 Å². The Morgan fingerprint density at radius 1 is 1.46 bits per heavy atom. The van der Waals surface area contributed by atoms with Crippen LogP contribution in [0.1, 0.15) is 38.5 Å². The summed E-state index contributed by atoms with van der Waals surface area (Å²) >= 11 is 0. The lowest BCUT2D eigenvalue weighted by Crippen LogP contribution is -2.26. The van der Waals surface area contributed by atoms with Crippen LogP contribution in [0.3, 0.4) is 0 Å². The summed E-state index contributed by atoms with van der Waals surface area (Å²) in [5.74, 6) is 1.89. The fourth-order valence-corrected chi connectivity index (χ4v) is 2.07. The molecule has 1 aromatic rings. The lowest BCUT2D eigenvalue weighted by atomic mass is 9.72. The largest absolute Gasteiger partial charge is 0.361 e. The minimum atomic E-state index is 0.412. The van der Waals surface area contributed by atoms with Crippen molar-refractivity contribution in [1.82, 2.24) is 5.16 Å². The third-order valence-corrected chi connectivity index (χ3v) is 3.14. The van der Waals surface area contributed by atoms with Crippen molar-refractivity contribution < 1.29 is 4.52 Å². The quantitative estimate of drug-likeness (QED) is 0.612. The van der Waals surface area contributed by atoms with Crippen molar-refractivity contribution in [2.75, 3.05) is 0 Å². The number of rotatable bonds is 0. The number of hydrogen-bond acceptors (Lipinski definition) is 2. The Labute approximate surface area is 79.3 Å². The second-order valence-corrected chi connectivity index (χ2v) is 5.08. The van der Waals surface area contributed by atoms with Crippen LogP contribution in [0.4, 0.5) is 0 Å². The third kappa shape index (κ3) is 1.62. The number of nitrogens with zero attached hydrogens (tertiary/aromatic N) is 1. The van der Waals surface area contributed by atoms with Crippen LogP contribution in [0.5, 0.6) is 0 Å². The maximum absolute atomic E-state index is 5.17. The summed E-state index contributed by atoms with van der Waals surface area (Å²) in [6, 6.07) is 0. The molecule has 13 heavy (non-hydrogen) atoms. The van der Waals surface area contributed by atoms with Crippen molar-refractivity contribution in [2.45, 2.75) is 40.0 Å². The van der Waals surface area contributed by atoms with Crippen molar-refractivity contribution in [1.29, 1.82) is 0 Å².